The third-order valence-corrected chi connectivity index (χ3v) is 6.59. The van der Waals surface area contributed by atoms with Crippen molar-refractivity contribution in [1.82, 2.24) is 24.1 Å². The number of hydrogen-bond acceptors (Lipinski definition) is 5. The molecule has 1 fully saturated rings. The summed E-state index contributed by atoms with van der Waals surface area (Å²) in [5.41, 5.74) is 4.44. The normalized spacial score (nSPS) is 14.4. The largest absolute Gasteiger partial charge is 0.368 e. The molecule has 3 heterocycles. The average molecular weight is 445 g/mol. The van der Waals surface area contributed by atoms with E-state index in [1.165, 1.54) is 21.4 Å². The van der Waals surface area contributed by atoms with E-state index in [0.29, 0.717) is 42.9 Å². The fourth-order valence-electron chi connectivity index (χ4n) is 4.69. The first-order valence-corrected chi connectivity index (χ1v) is 11.4. The molecule has 0 saturated carbocycles. The van der Waals surface area contributed by atoms with E-state index in [9.17, 15) is 9.59 Å². The SMILES string of the molecule is Cc1ccc(C)c(N2CCN(C(=O)CCc3nnc4n(C)c(=O)c5ccccc5n34)CC2)c1. The Morgan fingerprint density at radius 2 is 1.76 bits per heavy atom. The van der Waals surface area contributed by atoms with Crippen molar-refractivity contribution >= 4 is 28.3 Å². The Bertz CT molecular complexity index is 1410. The van der Waals surface area contributed by atoms with Crippen LogP contribution >= 0.6 is 0 Å². The predicted molar refractivity (Wildman–Crippen MR) is 129 cm³/mol. The van der Waals surface area contributed by atoms with Crippen LogP contribution in [-0.2, 0) is 18.3 Å². The summed E-state index contributed by atoms with van der Waals surface area (Å²) in [5, 5.41) is 9.14. The van der Waals surface area contributed by atoms with Crippen LogP contribution < -0.4 is 10.5 Å². The summed E-state index contributed by atoms with van der Waals surface area (Å²) < 4.78 is 3.40. The molecule has 5 rings (SSSR count). The van der Waals surface area contributed by atoms with Gasteiger partial charge in [-0.3, -0.25) is 18.6 Å². The molecule has 2 aromatic carbocycles. The maximum atomic E-state index is 13.0. The molecule has 33 heavy (non-hydrogen) atoms. The molecule has 8 nitrogen and oxygen atoms in total. The first-order valence-electron chi connectivity index (χ1n) is 11.4. The van der Waals surface area contributed by atoms with E-state index in [4.69, 9.17) is 0 Å². The molecule has 170 valence electrons. The molecule has 0 spiro atoms. The van der Waals surface area contributed by atoms with Gasteiger partial charge in [-0.15, -0.1) is 10.2 Å². The van der Waals surface area contributed by atoms with E-state index in [1.807, 2.05) is 33.6 Å². The Morgan fingerprint density at radius 3 is 2.55 bits per heavy atom. The minimum Gasteiger partial charge on any atom is -0.368 e. The second kappa shape index (κ2) is 8.35. The Labute approximate surface area is 192 Å². The predicted octanol–water partition coefficient (Wildman–Crippen LogP) is 2.48. The molecule has 4 aromatic rings. The molecule has 0 atom stereocenters. The number of rotatable bonds is 4. The zero-order valence-corrected chi connectivity index (χ0v) is 19.3. The summed E-state index contributed by atoms with van der Waals surface area (Å²) in [6, 6.07) is 14.0. The summed E-state index contributed by atoms with van der Waals surface area (Å²) in [6.07, 6.45) is 0.834. The highest BCUT2D eigenvalue weighted by Crippen LogP contribution is 2.23. The number of hydrogen-bond donors (Lipinski definition) is 0. The zero-order chi connectivity index (χ0) is 23.1. The van der Waals surface area contributed by atoms with Crippen LogP contribution in [0.2, 0.25) is 0 Å². The molecular weight excluding hydrogens is 416 g/mol. The summed E-state index contributed by atoms with van der Waals surface area (Å²) in [4.78, 5) is 29.9. The molecule has 2 aromatic heterocycles. The Kier molecular flexibility index (Phi) is 5.36. The van der Waals surface area contributed by atoms with Gasteiger partial charge in [-0.25, -0.2) is 0 Å². The number of anilines is 1. The Balaban J connectivity index is 1.29. The number of aromatic nitrogens is 4. The van der Waals surface area contributed by atoms with Crippen molar-refractivity contribution in [3.8, 4) is 0 Å². The minimum absolute atomic E-state index is 0.102. The van der Waals surface area contributed by atoms with Crippen LogP contribution in [0.4, 0.5) is 5.69 Å². The highest BCUT2D eigenvalue weighted by atomic mass is 16.2. The maximum Gasteiger partial charge on any atom is 0.262 e. The highest BCUT2D eigenvalue weighted by molar-refractivity contribution is 5.80. The average Bonchev–Trinajstić information content (AvgIpc) is 3.27. The van der Waals surface area contributed by atoms with Crippen LogP contribution in [0.3, 0.4) is 0 Å². The molecule has 1 aliphatic heterocycles. The molecule has 1 amide bonds. The number of amides is 1. The molecule has 8 heteroatoms. The lowest BCUT2D eigenvalue weighted by Gasteiger charge is -2.37. The number of nitrogens with zero attached hydrogens (tertiary/aromatic N) is 6. The molecule has 0 bridgehead atoms. The van der Waals surface area contributed by atoms with Crippen LogP contribution in [-0.4, -0.2) is 56.2 Å². The van der Waals surface area contributed by atoms with Gasteiger partial charge in [0.15, 0.2) is 0 Å². The monoisotopic (exact) mass is 444 g/mol. The van der Waals surface area contributed by atoms with Crippen LogP contribution in [0.1, 0.15) is 23.4 Å². The number of benzene rings is 2. The number of carbonyl (C=O) groups excluding carboxylic acids is 1. The second-order valence-corrected chi connectivity index (χ2v) is 8.79. The zero-order valence-electron chi connectivity index (χ0n) is 19.3. The van der Waals surface area contributed by atoms with Gasteiger partial charge in [0.25, 0.3) is 5.56 Å². The van der Waals surface area contributed by atoms with Gasteiger partial charge in [0.1, 0.15) is 5.82 Å². The minimum atomic E-state index is -0.102. The number of carbonyl (C=O) groups is 1. The lowest BCUT2D eigenvalue weighted by atomic mass is 10.1. The summed E-state index contributed by atoms with van der Waals surface area (Å²) in [5.74, 6) is 1.31. The van der Waals surface area contributed by atoms with Gasteiger partial charge in [-0.2, -0.15) is 0 Å². The van der Waals surface area contributed by atoms with Gasteiger partial charge < -0.3 is 9.80 Å². The van der Waals surface area contributed by atoms with E-state index in [2.05, 4.69) is 47.1 Å². The van der Waals surface area contributed by atoms with E-state index in [0.717, 1.165) is 18.6 Å². The van der Waals surface area contributed by atoms with Crippen LogP contribution in [0.25, 0.3) is 16.7 Å². The van der Waals surface area contributed by atoms with Crippen molar-refractivity contribution < 1.29 is 4.79 Å². The van der Waals surface area contributed by atoms with Gasteiger partial charge in [-0.1, -0.05) is 24.3 Å². The summed E-state index contributed by atoms with van der Waals surface area (Å²) in [6.45, 7) is 7.33. The molecule has 0 aliphatic carbocycles. The van der Waals surface area contributed by atoms with Crippen LogP contribution in [0.5, 0.6) is 0 Å². The summed E-state index contributed by atoms with van der Waals surface area (Å²) in [7, 11) is 1.70. The van der Waals surface area contributed by atoms with E-state index >= 15 is 0 Å². The third-order valence-electron chi connectivity index (χ3n) is 6.59. The molecule has 0 radical (unpaired) electrons. The van der Waals surface area contributed by atoms with Gasteiger partial charge in [0, 0.05) is 51.8 Å². The van der Waals surface area contributed by atoms with Crippen LogP contribution in [0, 0.1) is 13.8 Å². The van der Waals surface area contributed by atoms with Crippen LogP contribution in [0.15, 0.2) is 47.3 Å². The molecular formula is C25H28N6O2. The molecule has 1 aliphatic rings. The summed E-state index contributed by atoms with van der Waals surface area (Å²) >= 11 is 0. The molecule has 1 saturated heterocycles. The van der Waals surface area contributed by atoms with Crippen molar-refractivity contribution in [2.75, 3.05) is 31.1 Å². The highest BCUT2D eigenvalue weighted by Gasteiger charge is 2.23. The van der Waals surface area contributed by atoms with E-state index in [1.54, 1.807) is 7.05 Å². The lowest BCUT2D eigenvalue weighted by molar-refractivity contribution is -0.131. The van der Waals surface area contributed by atoms with Crippen molar-refractivity contribution in [3.63, 3.8) is 0 Å². The van der Waals surface area contributed by atoms with Crippen molar-refractivity contribution in [1.29, 1.82) is 0 Å². The topological polar surface area (TPSA) is 75.7 Å². The molecule has 0 N–H and O–H groups in total. The second-order valence-electron chi connectivity index (χ2n) is 8.79. The third kappa shape index (κ3) is 3.75. The van der Waals surface area contributed by atoms with Crippen molar-refractivity contribution in [2.45, 2.75) is 26.7 Å². The fourth-order valence-corrected chi connectivity index (χ4v) is 4.69. The van der Waals surface area contributed by atoms with Gasteiger partial charge in [0.05, 0.1) is 10.9 Å². The van der Waals surface area contributed by atoms with Crippen molar-refractivity contribution in [2.24, 2.45) is 7.05 Å². The van der Waals surface area contributed by atoms with Crippen molar-refractivity contribution in [3.05, 3.63) is 69.8 Å². The number of aryl methyl sites for hydroxylation is 4. The number of para-hydroxylation sites is 1. The maximum absolute atomic E-state index is 13.0. The van der Waals surface area contributed by atoms with E-state index in [-0.39, 0.29) is 11.5 Å². The first kappa shape index (κ1) is 21.2. The number of fused-ring (bicyclic) bond motifs is 3. The quantitative estimate of drug-likeness (QED) is 0.483. The Hall–Kier alpha value is -3.68. The lowest BCUT2D eigenvalue weighted by Crippen LogP contribution is -2.49. The first-order chi connectivity index (χ1) is 15.9. The Morgan fingerprint density at radius 1 is 1.00 bits per heavy atom. The van der Waals surface area contributed by atoms with E-state index < -0.39 is 0 Å². The van der Waals surface area contributed by atoms with Gasteiger partial charge in [-0.05, 0) is 43.2 Å². The fraction of sp³-hybridized carbons (Fsp3) is 0.360. The molecule has 0 unspecified atom stereocenters. The smallest absolute Gasteiger partial charge is 0.262 e. The van der Waals surface area contributed by atoms with Gasteiger partial charge >= 0.3 is 0 Å². The number of piperazine rings is 1. The van der Waals surface area contributed by atoms with Gasteiger partial charge in [0.2, 0.25) is 11.7 Å². The standard InChI is InChI=1S/C25H28N6O2/c1-17-8-9-18(2)21(16-17)29-12-14-30(15-13-29)23(32)11-10-22-26-27-25-28(3)24(33)19-6-4-5-7-20(19)31(22)25/h4-9,16H,10-15H2,1-3H3.